The summed E-state index contributed by atoms with van der Waals surface area (Å²) in [5, 5.41) is 3.49. The monoisotopic (exact) mass is 192 g/mol. The van der Waals surface area contributed by atoms with Crippen molar-refractivity contribution in [1.82, 2.24) is 0 Å². The molecule has 0 aromatic heterocycles. The Morgan fingerprint density at radius 2 is 1.93 bits per heavy atom. The Balaban J connectivity index is 3.05. The van der Waals surface area contributed by atoms with Crippen LogP contribution in [0.15, 0.2) is 18.2 Å². The predicted molar refractivity (Wildman–Crippen MR) is 62.4 cm³/mol. The molecule has 0 spiro atoms. The second-order valence-corrected chi connectivity index (χ2v) is 4.69. The lowest BCUT2D eigenvalue weighted by molar-refractivity contribution is 0.632. The molecular formula is C12H20N2. The van der Waals surface area contributed by atoms with Gasteiger partial charge in [-0.2, -0.15) is 0 Å². The number of aryl methyl sites for hydroxylation is 1. The third kappa shape index (κ3) is 2.74. The van der Waals surface area contributed by atoms with Crippen molar-refractivity contribution in [2.45, 2.75) is 39.8 Å². The molecule has 78 valence electrons. The van der Waals surface area contributed by atoms with E-state index < -0.39 is 0 Å². The first-order chi connectivity index (χ1) is 6.44. The molecule has 0 bridgehead atoms. The predicted octanol–water partition coefficient (Wildman–Crippen LogP) is 2.66. The lowest BCUT2D eigenvalue weighted by atomic mass is 10.0. The van der Waals surface area contributed by atoms with Crippen LogP contribution in [-0.2, 0) is 6.54 Å². The van der Waals surface area contributed by atoms with Crippen LogP contribution in [0, 0.1) is 6.92 Å². The van der Waals surface area contributed by atoms with Gasteiger partial charge in [-0.1, -0.05) is 18.2 Å². The van der Waals surface area contributed by atoms with E-state index in [-0.39, 0.29) is 5.54 Å². The average molecular weight is 192 g/mol. The Morgan fingerprint density at radius 1 is 1.29 bits per heavy atom. The highest BCUT2D eigenvalue weighted by Gasteiger charge is 2.12. The molecule has 1 aromatic carbocycles. The first kappa shape index (κ1) is 11.1. The van der Waals surface area contributed by atoms with Gasteiger partial charge in [-0.05, 0) is 38.8 Å². The third-order valence-corrected chi connectivity index (χ3v) is 2.08. The zero-order valence-corrected chi connectivity index (χ0v) is 9.52. The second kappa shape index (κ2) is 4.01. The maximum atomic E-state index is 5.70. The van der Waals surface area contributed by atoms with Crippen LogP contribution in [-0.4, -0.2) is 5.54 Å². The smallest absolute Gasteiger partial charge is 0.0419 e. The lowest BCUT2D eigenvalue weighted by Crippen LogP contribution is -2.27. The van der Waals surface area contributed by atoms with Gasteiger partial charge in [0, 0.05) is 17.8 Å². The average Bonchev–Trinajstić information content (AvgIpc) is 2.06. The van der Waals surface area contributed by atoms with Crippen LogP contribution in [0.5, 0.6) is 0 Å². The summed E-state index contributed by atoms with van der Waals surface area (Å²) in [6.45, 7) is 9.15. The number of nitrogens with one attached hydrogen (secondary N) is 1. The van der Waals surface area contributed by atoms with Crippen LogP contribution >= 0.6 is 0 Å². The minimum atomic E-state index is 0.0794. The molecule has 0 atom stereocenters. The summed E-state index contributed by atoms with van der Waals surface area (Å²) in [6.07, 6.45) is 0. The van der Waals surface area contributed by atoms with Crippen molar-refractivity contribution in [1.29, 1.82) is 0 Å². The van der Waals surface area contributed by atoms with Gasteiger partial charge in [0.25, 0.3) is 0 Å². The summed E-state index contributed by atoms with van der Waals surface area (Å²) in [7, 11) is 0. The van der Waals surface area contributed by atoms with Gasteiger partial charge in [0.1, 0.15) is 0 Å². The normalized spacial score (nSPS) is 11.5. The number of nitrogens with two attached hydrogens (primary N) is 1. The molecule has 0 saturated heterocycles. The lowest BCUT2D eigenvalue weighted by Gasteiger charge is -2.25. The highest BCUT2D eigenvalue weighted by Crippen LogP contribution is 2.23. The molecule has 0 heterocycles. The van der Waals surface area contributed by atoms with Gasteiger partial charge >= 0.3 is 0 Å². The van der Waals surface area contributed by atoms with E-state index in [1.54, 1.807) is 0 Å². The zero-order valence-electron chi connectivity index (χ0n) is 9.52. The number of benzene rings is 1. The van der Waals surface area contributed by atoms with Crippen molar-refractivity contribution in [3.8, 4) is 0 Å². The molecule has 0 radical (unpaired) electrons. The van der Waals surface area contributed by atoms with Crippen LogP contribution in [0.25, 0.3) is 0 Å². The molecule has 0 unspecified atom stereocenters. The van der Waals surface area contributed by atoms with Crippen LogP contribution in [0.1, 0.15) is 31.9 Å². The van der Waals surface area contributed by atoms with Gasteiger partial charge < -0.3 is 11.1 Å². The molecule has 0 aliphatic heterocycles. The van der Waals surface area contributed by atoms with Crippen molar-refractivity contribution in [2.75, 3.05) is 5.32 Å². The molecule has 14 heavy (non-hydrogen) atoms. The molecule has 0 amide bonds. The standard InChI is InChI=1S/C12H20N2/c1-9-6-5-7-10(8-13)11(9)14-12(2,3)4/h5-7,14H,8,13H2,1-4H3. The van der Waals surface area contributed by atoms with Gasteiger partial charge in [0.2, 0.25) is 0 Å². The van der Waals surface area contributed by atoms with Crippen molar-refractivity contribution in [3.63, 3.8) is 0 Å². The number of anilines is 1. The Hall–Kier alpha value is -1.02. The zero-order chi connectivity index (χ0) is 10.8. The van der Waals surface area contributed by atoms with Crippen LogP contribution in [0.3, 0.4) is 0 Å². The molecule has 1 aromatic rings. The molecule has 0 aliphatic rings. The third-order valence-electron chi connectivity index (χ3n) is 2.08. The Kier molecular flexibility index (Phi) is 3.17. The van der Waals surface area contributed by atoms with Gasteiger partial charge in [0.15, 0.2) is 0 Å². The molecule has 3 N–H and O–H groups in total. The fraction of sp³-hybridized carbons (Fsp3) is 0.500. The van der Waals surface area contributed by atoms with E-state index in [1.807, 2.05) is 6.07 Å². The molecule has 0 fully saturated rings. The first-order valence-electron chi connectivity index (χ1n) is 5.01. The maximum Gasteiger partial charge on any atom is 0.0419 e. The number of rotatable bonds is 2. The summed E-state index contributed by atoms with van der Waals surface area (Å²) in [4.78, 5) is 0. The molecule has 0 saturated carbocycles. The summed E-state index contributed by atoms with van der Waals surface area (Å²) in [5.41, 5.74) is 9.39. The van der Waals surface area contributed by atoms with Crippen molar-refractivity contribution in [3.05, 3.63) is 29.3 Å². The summed E-state index contributed by atoms with van der Waals surface area (Å²) in [5.74, 6) is 0. The van der Waals surface area contributed by atoms with E-state index in [9.17, 15) is 0 Å². The topological polar surface area (TPSA) is 38.0 Å². The molecule has 2 nitrogen and oxygen atoms in total. The molecular weight excluding hydrogens is 172 g/mol. The van der Waals surface area contributed by atoms with Crippen molar-refractivity contribution in [2.24, 2.45) is 5.73 Å². The van der Waals surface area contributed by atoms with Crippen LogP contribution < -0.4 is 11.1 Å². The van der Waals surface area contributed by atoms with E-state index in [0.717, 1.165) is 0 Å². The summed E-state index contributed by atoms with van der Waals surface area (Å²) < 4.78 is 0. The Bertz CT molecular complexity index is 311. The minimum Gasteiger partial charge on any atom is -0.380 e. The van der Waals surface area contributed by atoms with Crippen LogP contribution in [0.2, 0.25) is 0 Å². The van der Waals surface area contributed by atoms with Crippen molar-refractivity contribution >= 4 is 5.69 Å². The van der Waals surface area contributed by atoms with Gasteiger partial charge in [-0.15, -0.1) is 0 Å². The Morgan fingerprint density at radius 3 is 2.43 bits per heavy atom. The molecule has 1 rings (SSSR count). The second-order valence-electron chi connectivity index (χ2n) is 4.69. The van der Waals surface area contributed by atoms with Gasteiger partial charge in [-0.3, -0.25) is 0 Å². The SMILES string of the molecule is Cc1cccc(CN)c1NC(C)(C)C. The largest absolute Gasteiger partial charge is 0.380 e. The molecule has 2 heteroatoms. The summed E-state index contributed by atoms with van der Waals surface area (Å²) in [6, 6.07) is 6.22. The van der Waals surface area contributed by atoms with Crippen molar-refractivity contribution < 1.29 is 0 Å². The van der Waals surface area contributed by atoms with Gasteiger partial charge in [0.05, 0.1) is 0 Å². The van der Waals surface area contributed by atoms with E-state index in [1.165, 1.54) is 16.8 Å². The number of para-hydroxylation sites is 1. The highest BCUT2D eigenvalue weighted by molar-refractivity contribution is 5.58. The van der Waals surface area contributed by atoms with Gasteiger partial charge in [-0.25, -0.2) is 0 Å². The number of hydrogen-bond acceptors (Lipinski definition) is 2. The highest BCUT2D eigenvalue weighted by atomic mass is 15.0. The Labute approximate surface area is 86.5 Å². The fourth-order valence-electron chi connectivity index (χ4n) is 1.45. The quantitative estimate of drug-likeness (QED) is 0.756. The van der Waals surface area contributed by atoms with E-state index in [0.29, 0.717) is 6.54 Å². The van der Waals surface area contributed by atoms with E-state index >= 15 is 0 Å². The van der Waals surface area contributed by atoms with E-state index in [2.05, 4.69) is 45.1 Å². The molecule has 0 aliphatic carbocycles. The minimum absolute atomic E-state index is 0.0794. The first-order valence-corrected chi connectivity index (χ1v) is 5.01. The van der Waals surface area contributed by atoms with Crippen LogP contribution in [0.4, 0.5) is 5.69 Å². The number of hydrogen-bond donors (Lipinski definition) is 2. The maximum absolute atomic E-state index is 5.70. The van der Waals surface area contributed by atoms with E-state index in [4.69, 9.17) is 5.73 Å². The fourth-order valence-corrected chi connectivity index (χ4v) is 1.45. The summed E-state index contributed by atoms with van der Waals surface area (Å²) >= 11 is 0.